The molecule has 1 N–H and O–H groups in total. The van der Waals surface area contributed by atoms with Crippen molar-refractivity contribution in [3.8, 4) is 0 Å². The number of methoxy groups -OCH3 is 1. The van der Waals surface area contributed by atoms with Gasteiger partial charge in [0.1, 0.15) is 12.4 Å². The van der Waals surface area contributed by atoms with Crippen LogP contribution in [0, 0.1) is 0 Å². The highest BCUT2D eigenvalue weighted by Crippen LogP contribution is 2.09. The van der Waals surface area contributed by atoms with Crippen molar-refractivity contribution in [1.82, 2.24) is 5.32 Å². The fraction of sp³-hybridized carbons (Fsp3) is 0.545. The van der Waals surface area contributed by atoms with Crippen LogP contribution in [0.15, 0.2) is 16.5 Å². The van der Waals surface area contributed by atoms with Crippen molar-refractivity contribution in [3.05, 3.63) is 23.7 Å². The van der Waals surface area contributed by atoms with Crippen LogP contribution in [0.3, 0.4) is 0 Å². The Morgan fingerprint density at radius 3 is 2.93 bits per heavy atom. The zero-order valence-corrected chi connectivity index (χ0v) is 9.37. The van der Waals surface area contributed by atoms with Gasteiger partial charge in [-0.2, -0.15) is 0 Å². The Hall–Kier alpha value is -1.29. The molecule has 1 aromatic rings. The molecule has 0 aliphatic rings. The molecule has 0 saturated heterocycles. The number of rotatable bonds is 5. The lowest BCUT2D eigenvalue weighted by Crippen LogP contribution is -2.31. The van der Waals surface area contributed by atoms with E-state index in [9.17, 15) is 4.79 Å². The Morgan fingerprint density at radius 1 is 1.60 bits per heavy atom. The van der Waals surface area contributed by atoms with E-state index in [2.05, 4.69) is 5.32 Å². The van der Waals surface area contributed by atoms with Crippen LogP contribution in [0.5, 0.6) is 0 Å². The molecule has 0 bridgehead atoms. The Morgan fingerprint density at radius 2 is 2.33 bits per heavy atom. The van der Waals surface area contributed by atoms with E-state index in [0.29, 0.717) is 18.1 Å². The van der Waals surface area contributed by atoms with Crippen molar-refractivity contribution in [3.63, 3.8) is 0 Å². The molecule has 1 aromatic heterocycles. The monoisotopic (exact) mass is 211 g/mol. The summed E-state index contributed by atoms with van der Waals surface area (Å²) in [6.45, 7) is 4.36. The number of furan rings is 1. The van der Waals surface area contributed by atoms with E-state index in [1.807, 2.05) is 13.8 Å². The summed E-state index contributed by atoms with van der Waals surface area (Å²) in [7, 11) is 1.58. The van der Waals surface area contributed by atoms with Gasteiger partial charge in [0.05, 0.1) is 0 Å². The van der Waals surface area contributed by atoms with Crippen molar-refractivity contribution in [2.75, 3.05) is 7.11 Å². The molecule has 0 aromatic carbocycles. The van der Waals surface area contributed by atoms with Crippen LogP contribution in [0.4, 0.5) is 0 Å². The lowest BCUT2D eigenvalue weighted by Gasteiger charge is -2.09. The van der Waals surface area contributed by atoms with Gasteiger partial charge < -0.3 is 14.5 Å². The van der Waals surface area contributed by atoms with Crippen LogP contribution in [0.2, 0.25) is 0 Å². The molecule has 0 saturated carbocycles. The molecule has 0 aliphatic carbocycles. The summed E-state index contributed by atoms with van der Waals surface area (Å²) in [6, 6.07) is 3.56. The van der Waals surface area contributed by atoms with Crippen molar-refractivity contribution < 1.29 is 13.9 Å². The van der Waals surface area contributed by atoms with Crippen LogP contribution < -0.4 is 5.32 Å². The van der Waals surface area contributed by atoms with Gasteiger partial charge in [-0.05, 0) is 25.5 Å². The zero-order chi connectivity index (χ0) is 11.3. The summed E-state index contributed by atoms with van der Waals surface area (Å²) in [5.41, 5.74) is 0. The number of hydrogen-bond donors (Lipinski definition) is 1. The maximum Gasteiger partial charge on any atom is 0.287 e. The second-order valence-corrected chi connectivity index (χ2v) is 3.48. The minimum absolute atomic E-state index is 0.161. The molecule has 0 fully saturated rings. The van der Waals surface area contributed by atoms with Gasteiger partial charge in [-0.25, -0.2) is 0 Å². The summed E-state index contributed by atoms with van der Waals surface area (Å²) < 4.78 is 10.2. The van der Waals surface area contributed by atoms with Gasteiger partial charge in [0, 0.05) is 13.2 Å². The molecular weight excluding hydrogens is 194 g/mol. The van der Waals surface area contributed by atoms with Crippen LogP contribution in [0.1, 0.15) is 36.6 Å². The number of amides is 1. The van der Waals surface area contributed by atoms with E-state index in [-0.39, 0.29) is 11.9 Å². The summed E-state index contributed by atoms with van der Waals surface area (Å²) in [6.07, 6.45) is 0.900. The number of carbonyl (C=O) groups excluding carboxylic acids is 1. The molecule has 1 amide bonds. The highest BCUT2D eigenvalue weighted by molar-refractivity contribution is 5.91. The van der Waals surface area contributed by atoms with Crippen molar-refractivity contribution in [2.24, 2.45) is 0 Å². The van der Waals surface area contributed by atoms with Crippen molar-refractivity contribution in [1.29, 1.82) is 0 Å². The fourth-order valence-electron chi connectivity index (χ4n) is 1.12. The third-order valence-corrected chi connectivity index (χ3v) is 2.16. The average molecular weight is 211 g/mol. The fourth-order valence-corrected chi connectivity index (χ4v) is 1.12. The molecule has 4 heteroatoms. The molecule has 1 unspecified atom stereocenters. The Bertz CT molecular complexity index is 319. The van der Waals surface area contributed by atoms with Gasteiger partial charge in [-0.3, -0.25) is 4.79 Å². The van der Waals surface area contributed by atoms with Gasteiger partial charge in [0.25, 0.3) is 5.91 Å². The predicted octanol–water partition coefficient (Wildman–Crippen LogP) is 1.95. The second-order valence-electron chi connectivity index (χ2n) is 3.48. The molecule has 1 rings (SSSR count). The first-order chi connectivity index (χ1) is 7.17. The first-order valence-electron chi connectivity index (χ1n) is 5.05. The van der Waals surface area contributed by atoms with Crippen molar-refractivity contribution >= 4 is 5.91 Å². The maximum absolute atomic E-state index is 11.6. The normalized spacial score (nSPS) is 12.5. The zero-order valence-electron chi connectivity index (χ0n) is 9.37. The third kappa shape index (κ3) is 3.40. The van der Waals surface area contributed by atoms with E-state index >= 15 is 0 Å². The minimum atomic E-state index is -0.174. The molecule has 84 valence electrons. The van der Waals surface area contributed by atoms with E-state index in [0.717, 1.165) is 6.42 Å². The summed E-state index contributed by atoms with van der Waals surface area (Å²) >= 11 is 0. The number of carbonyl (C=O) groups is 1. The average Bonchev–Trinajstić information content (AvgIpc) is 2.67. The third-order valence-electron chi connectivity index (χ3n) is 2.16. The van der Waals surface area contributed by atoms with Gasteiger partial charge in [0.2, 0.25) is 0 Å². The summed E-state index contributed by atoms with van der Waals surface area (Å²) in [5, 5.41) is 2.83. The highest BCUT2D eigenvalue weighted by atomic mass is 16.5. The van der Waals surface area contributed by atoms with E-state index in [1.165, 1.54) is 0 Å². The smallest absolute Gasteiger partial charge is 0.287 e. The molecule has 15 heavy (non-hydrogen) atoms. The molecule has 0 aliphatic heterocycles. The first-order valence-corrected chi connectivity index (χ1v) is 5.05. The molecule has 1 atom stereocenters. The molecule has 1 heterocycles. The SMILES string of the molecule is CCC(C)NC(=O)c1ccc(COC)o1. The number of nitrogens with one attached hydrogen (secondary N) is 1. The summed E-state index contributed by atoms with van der Waals surface area (Å²) in [5.74, 6) is 0.820. The first kappa shape index (κ1) is 11.8. The number of ether oxygens (including phenoxy) is 1. The van der Waals surface area contributed by atoms with E-state index in [1.54, 1.807) is 19.2 Å². The van der Waals surface area contributed by atoms with Crippen LogP contribution in [-0.4, -0.2) is 19.1 Å². The minimum Gasteiger partial charge on any atom is -0.453 e. The molecule has 0 spiro atoms. The number of hydrogen-bond acceptors (Lipinski definition) is 3. The Labute approximate surface area is 89.6 Å². The quantitative estimate of drug-likeness (QED) is 0.809. The Kier molecular flexibility index (Phi) is 4.37. The van der Waals surface area contributed by atoms with E-state index in [4.69, 9.17) is 9.15 Å². The molecular formula is C11H17NO3. The van der Waals surface area contributed by atoms with Crippen LogP contribution in [-0.2, 0) is 11.3 Å². The van der Waals surface area contributed by atoms with Gasteiger partial charge >= 0.3 is 0 Å². The summed E-state index contributed by atoms with van der Waals surface area (Å²) in [4.78, 5) is 11.6. The van der Waals surface area contributed by atoms with Crippen LogP contribution >= 0.6 is 0 Å². The second kappa shape index (κ2) is 5.56. The molecule has 4 nitrogen and oxygen atoms in total. The lowest BCUT2D eigenvalue weighted by molar-refractivity contribution is 0.0902. The van der Waals surface area contributed by atoms with Gasteiger partial charge in [-0.15, -0.1) is 0 Å². The van der Waals surface area contributed by atoms with Gasteiger partial charge in [0.15, 0.2) is 5.76 Å². The topological polar surface area (TPSA) is 51.5 Å². The van der Waals surface area contributed by atoms with Crippen molar-refractivity contribution in [2.45, 2.75) is 32.9 Å². The Balaban J connectivity index is 2.58. The lowest BCUT2D eigenvalue weighted by atomic mass is 10.2. The van der Waals surface area contributed by atoms with E-state index < -0.39 is 0 Å². The maximum atomic E-state index is 11.6. The standard InChI is InChI=1S/C11H17NO3/c1-4-8(2)12-11(13)10-6-5-9(15-10)7-14-3/h5-6,8H,4,7H2,1-3H3,(H,12,13). The van der Waals surface area contributed by atoms with Crippen LogP contribution in [0.25, 0.3) is 0 Å². The predicted molar refractivity (Wildman–Crippen MR) is 56.6 cm³/mol. The highest BCUT2D eigenvalue weighted by Gasteiger charge is 2.12. The molecule has 0 radical (unpaired) electrons. The van der Waals surface area contributed by atoms with Gasteiger partial charge in [-0.1, -0.05) is 6.92 Å². The largest absolute Gasteiger partial charge is 0.453 e.